The van der Waals surface area contributed by atoms with Crippen LogP contribution >= 0.6 is 0 Å². The first-order chi connectivity index (χ1) is 5.86. The van der Waals surface area contributed by atoms with E-state index in [4.69, 9.17) is 4.99 Å². The van der Waals surface area contributed by atoms with Crippen LogP contribution in [0.25, 0.3) is 0 Å². The number of aliphatic imine (C=N–C) groups is 1. The first kappa shape index (κ1) is 8.28. The third-order valence-electron chi connectivity index (χ3n) is 3.13. The van der Waals surface area contributed by atoms with Crippen molar-refractivity contribution in [3.05, 3.63) is 0 Å². The maximum atomic E-state index is 4.81. The van der Waals surface area contributed by atoms with Crippen molar-refractivity contribution in [2.24, 2.45) is 10.9 Å². The van der Waals surface area contributed by atoms with Gasteiger partial charge in [0.15, 0.2) is 0 Å². The van der Waals surface area contributed by atoms with Crippen molar-refractivity contribution < 1.29 is 0 Å². The minimum atomic E-state index is 0.694. The summed E-state index contributed by atoms with van der Waals surface area (Å²) >= 11 is 0. The largest absolute Gasteiger partial charge is 0.291 e. The normalized spacial score (nSPS) is 27.6. The van der Waals surface area contributed by atoms with Crippen molar-refractivity contribution >= 4 is 5.71 Å². The van der Waals surface area contributed by atoms with Crippen molar-refractivity contribution in [2.45, 2.75) is 57.9 Å². The van der Waals surface area contributed by atoms with Crippen molar-refractivity contribution in [2.75, 3.05) is 0 Å². The van der Waals surface area contributed by atoms with Crippen LogP contribution in [0.5, 0.6) is 0 Å². The summed E-state index contributed by atoms with van der Waals surface area (Å²) in [4.78, 5) is 4.81. The summed E-state index contributed by atoms with van der Waals surface area (Å²) in [6.45, 7) is 2.23. The lowest BCUT2D eigenvalue weighted by molar-refractivity contribution is 0.442. The molecule has 0 aromatic rings. The van der Waals surface area contributed by atoms with Gasteiger partial charge in [0.2, 0.25) is 0 Å². The number of nitrogens with zero attached hydrogens (tertiary/aromatic N) is 1. The molecule has 0 amide bonds. The van der Waals surface area contributed by atoms with Crippen LogP contribution in [0.1, 0.15) is 51.9 Å². The van der Waals surface area contributed by atoms with Crippen molar-refractivity contribution in [1.29, 1.82) is 0 Å². The highest BCUT2D eigenvalue weighted by Gasteiger charge is 2.25. The molecule has 0 saturated heterocycles. The Hall–Kier alpha value is -0.330. The quantitative estimate of drug-likeness (QED) is 0.557. The molecule has 1 heteroatoms. The monoisotopic (exact) mass is 165 g/mol. The van der Waals surface area contributed by atoms with Crippen LogP contribution in [0.2, 0.25) is 0 Å². The van der Waals surface area contributed by atoms with E-state index in [-0.39, 0.29) is 0 Å². The van der Waals surface area contributed by atoms with Crippen LogP contribution in [0.15, 0.2) is 4.99 Å². The molecule has 2 rings (SSSR count). The van der Waals surface area contributed by atoms with Gasteiger partial charge in [-0.25, -0.2) is 0 Å². The van der Waals surface area contributed by atoms with Gasteiger partial charge in [-0.1, -0.05) is 19.3 Å². The van der Waals surface area contributed by atoms with Crippen molar-refractivity contribution in [3.63, 3.8) is 0 Å². The Labute approximate surface area is 75.3 Å². The number of hydrogen-bond donors (Lipinski definition) is 0. The van der Waals surface area contributed by atoms with E-state index in [1.807, 2.05) is 0 Å². The van der Waals surface area contributed by atoms with Gasteiger partial charge in [0.05, 0.1) is 0 Å². The zero-order valence-electron chi connectivity index (χ0n) is 8.05. The first-order valence-corrected chi connectivity index (χ1v) is 5.40. The lowest BCUT2D eigenvalue weighted by Crippen LogP contribution is -2.12. The summed E-state index contributed by atoms with van der Waals surface area (Å²) in [7, 11) is 0. The highest BCUT2D eigenvalue weighted by molar-refractivity contribution is 5.86. The average molecular weight is 165 g/mol. The van der Waals surface area contributed by atoms with E-state index in [2.05, 4.69) is 6.92 Å². The second kappa shape index (κ2) is 3.59. The fourth-order valence-electron chi connectivity index (χ4n) is 2.10. The second-order valence-corrected chi connectivity index (χ2v) is 4.34. The third-order valence-corrected chi connectivity index (χ3v) is 3.13. The molecule has 2 fully saturated rings. The van der Waals surface area contributed by atoms with Gasteiger partial charge in [0.25, 0.3) is 0 Å². The Kier molecular flexibility index (Phi) is 2.48. The molecular formula is C11H19N. The fraction of sp³-hybridized carbons (Fsp3) is 0.909. The Morgan fingerprint density at radius 1 is 1.00 bits per heavy atom. The molecule has 0 N–H and O–H groups in total. The first-order valence-electron chi connectivity index (χ1n) is 5.40. The van der Waals surface area contributed by atoms with Gasteiger partial charge >= 0.3 is 0 Å². The maximum absolute atomic E-state index is 4.81. The van der Waals surface area contributed by atoms with E-state index in [1.54, 1.807) is 0 Å². The highest BCUT2D eigenvalue weighted by atomic mass is 14.8. The molecule has 0 unspecified atom stereocenters. The Balaban J connectivity index is 1.85. The molecule has 2 aliphatic carbocycles. The molecule has 2 saturated carbocycles. The lowest BCUT2D eigenvalue weighted by Gasteiger charge is -2.18. The lowest BCUT2D eigenvalue weighted by atomic mass is 9.96. The molecule has 0 aromatic carbocycles. The van der Waals surface area contributed by atoms with Crippen LogP contribution in [0.4, 0.5) is 0 Å². The molecule has 68 valence electrons. The van der Waals surface area contributed by atoms with E-state index in [0.29, 0.717) is 6.04 Å². The van der Waals surface area contributed by atoms with Gasteiger partial charge in [-0.2, -0.15) is 0 Å². The smallest absolute Gasteiger partial charge is 0.0499 e. The fourth-order valence-corrected chi connectivity index (χ4v) is 2.10. The molecule has 0 spiro atoms. The molecule has 0 bridgehead atoms. The molecule has 0 atom stereocenters. The van der Waals surface area contributed by atoms with Gasteiger partial charge < -0.3 is 0 Å². The van der Waals surface area contributed by atoms with E-state index in [9.17, 15) is 0 Å². The Bertz CT molecular complexity index is 173. The summed E-state index contributed by atoms with van der Waals surface area (Å²) in [5.41, 5.74) is 1.45. The SMILES string of the molecule is C/C(=N/C1CCCCC1)C1CC1. The van der Waals surface area contributed by atoms with Crippen LogP contribution in [0.3, 0.4) is 0 Å². The molecule has 2 aliphatic rings. The number of hydrogen-bond acceptors (Lipinski definition) is 1. The number of rotatable bonds is 2. The Morgan fingerprint density at radius 3 is 2.25 bits per heavy atom. The Morgan fingerprint density at radius 2 is 1.67 bits per heavy atom. The van der Waals surface area contributed by atoms with Gasteiger partial charge in [-0.15, -0.1) is 0 Å². The molecule has 0 heterocycles. The zero-order chi connectivity index (χ0) is 8.39. The molecule has 12 heavy (non-hydrogen) atoms. The van der Waals surface area contributed by atoms with Crippen LogP contribution in [-0.4, -0.2) is 11.8 Å². The molecular weight excluding hydrogens is 146 g/mol. The molecule has 0 aromatic heterocycles. The minimum Gasteiger partial charge on any atom is -0.291 e. The van der Waals surface area contributed by atoms with Crippen LogP contribution in [-0.2, 0) is 0 Å². The van der Waals surface area contributed by atoms with Crippen LogP contribution < -0.4 is 0 Å². The second-order valence-electron chi connectivity index (χ2n) is 4.34. The predicted molar refractivity (Wildman–Crippen MR) is 52.7 cm³/mol. The van der Waals surface area contributed by atoms with Gasteiger partial charge in [-0.3, -0.25) is 4.99 Å². The molecule has 0 radical (unpaired) electrons. The predicted octanol–water partition coefficient (Wildman–Crippen LogP) is 3.19. The summed E-state index contributed by atoms with van der Waals surface area (Å²) in [5.74, 6) is 0.881. The van der Waals surface area contributed by atoms with Gasteiger partial charge in [-0.05, 0) is 38.5 Å². The van der Waals surface area contributed by atoms with E-state index >= 15 is 0 Å². The van der Waals surface area contributed by atoms with Crippen LogP contribution in [0, 0.1) is 5.92 Å². The topological polar surface area (TPSA) is 12.4 Å². The van der Waals surface area contributed by atoms with E-state index < -0.39 is 0 Å². The maximum Gasteiger partial charge on any atom is 0.0499 e. The standard InChI is InChI=1S/C11H19N/c1-9(10-7-8-10)12-11-5-3-2-4-6-11/h10-11H,2-8H2,1H3/b12-9-. The van der Waals surface area contributed by atoms with Gasteiger partial charge in [0, 0.05) is 11.8 Å². The highest BCUT2D eigenvalue weighted by Crippen LogP contribution is 2.31. The van der Waals surface area contributed by atoms with Crippen molar-refractivity contribution in [3.8, 4) is 0 Å². The summed E-state index contributed by atoms with van der Waals surface area (Å²) in [6.07, 6.45) is 9.77. The van der Waals surface area contributed by atoms with E-state index in [1.165, 1.54) is 50.7 Å². The third kappa shape index (κ3) is 2.09. The molecule has 1 nitrogen and oxygen atoms in total. The minimum absolute atomic E-state index is 0.694. The average Bonchev–Trinajstić information content (AvgIpc) is 2.88. The van der Waals surface area contributed by atoms with Gasteiger partial charge in [0.1, 0.15) is 0 Å². The summed E-state index contributed by atoms with van der Waals surface area (Å²) in [5, 5.41) is 0. The van der Waals surface area contributed by atoms with E-state index in [0.717, 1.165) is 5.92 Å². The zero-order valence-corrected chi connectivity index (χ0v) is 8.05. The summed E-state index contributed by atoms with van der Waals surface area (Å²) < 4.78 is 0. The molecule has 0 aliphatic heterocycles. The van der Waals surface area contributed by atoms with Crippen molar-refractivity contribution in [1.82, 2.24) is 0 Å². The summed E-state index contributed by atoms with van der Waals surface area (Å²) in [6, 6.07) is 0.694.